The van der Waals surface area contributed by atoms with Crippen molar-refractivity contribution >= 4 is 23.2 Å². The van der Waals surface area contributed by atoms with Crippen molar-refractivity contribution in [2.75, 3.05) is 18.5 Å². The van der Waals surface area contributed by atoms with E-state index >= 15 is 0 Å². The van der Waals surface area contributed by atoms with Gasteiger partial charge in [0.25, 0.3) is 0 Å². The highest BCUT2D eigenvalue weighted by atomic mass is 35.5. The van der Waals surface area contributed by atoms with Crippen LogP contribution in [0.4, 0.5) is 5.69 Å². The Morgan fingerprint density at radius 2 is 2.16 bits per heavy atom. The molecule has 2 N–H and O–H groups in total. The summed E-state index contributed by atoms with van der Waals surface area (Å²) < 4.78 is 5.57. The summed E-state index contributed by atoms with van der Waals surface area (Å²) in [5, 5.41) is 6.43. The third-order valence-corrected chi connectivity index (χ3v) is 2.58. The molecule has 0 aliphatic heterocycles. The first kappa shape index (κ1) is 15.8. The predicted octanol–water partition coefficient (Wildman–Crippen LogP) is 3.07. The van der Waals surface area contributed by atoms with Crippen LogP contribution in [0, 0.1) is 0 Å². The molecule has 106 valence electrons. The van der Waals surface area contributed by atoms with Gasteiger partial charge in [-0.25, -0.2) is 0 Å². The van der Waals surface area contributed by atoms with Crippen molar-refractivity contribution < 1.29 is 9.53 Å². The van der Waals surface area contributed by atoms with Gasteiger partial charge in [-0.05, 0) is 24.6 Å². The normalized spacial score (nSPS) is 10.6. The smallest absolute Gasteiger partial charge is 0.238 e. The van der Waals surface area contributed by atoms with Crippen molar-refractivity contribution in [1.82, 2.24) is 5.32 Å². The van der Waals surface area contributed by atoms with E-state index in [1.54, 1.807) is 18.2 Å². The summed E-state index contributed by atoms with van der Waals surface area (Å²) in [6.45, 7) is 6.87. The minimum Gasteiger partial charge on any atom is -0.491 e. The van der Waals surface area contributed by atoms with Crippen LogP contribution in [0.2, 0.25) is 5.02 Å². The summed E-state index contributed by atoms with van der Waals surface area (Å²) in [6, 6.07) is 5.47. The first-order chi connectivity index (χ1) is 9.02. The Hall–Kier alpha value is -1.26. The number of anilines is 1. The van der Waals surface area contributed by atoms with Crippen molar-refractivity contribution in [3.8, 4) is 5.75 Å². The van der Waals surface area contributed by atoms with E-state index < -0.39 is 0 Å². The summed E-state index contributed by atoms with van der Waals surface area (Å²) in [5.41, 5.74) is 0.608. The molecule has 0 saturated carbocycles. The van der Waals surface area contributed by atoms with E-state index in [0.717, 1.165) is 6.42 Å². The van der Waals surface area contributed by atoms with E-state index in [4.69, 9.17) is 16.3 Å². The summed E-state index contributed by atoms with van der Waals surface area (Å²) in [5.74, 6) is 0.529. The lowest BCUT2D eigenvalue weighted by Crippen LogP contribution is -2.32. The first-order valence-electron chi connectivity index (χ1n) is 6.48. The molecule has 1 aromatic carbocycles. The number of halogens is 1. The summed E-state index contributed by atoms with van der Waals surface area (Å²) >= 11 is 5.94. The molecule has 0 bridgehead atoms. The number of rotatable bonds is 7. The number of carbonyl (C=O) groups is 1. The zero-order chi connectivity index (χ0) is 14.3. The van der Waals surface area contributed by atoms with Crippen LogP contribution in [0.25, 0.3) is 0 Å². The monoisotopic (exact) mass is 284 g/mol. The van der Waals surface area contributed by atoms with Crippen LogP contribution in [-0.4, -0.2) is 25.1 Å². The number of amides is 1. The number of benzene rings is 1. The Bertz CT molecular complexity index is 422. The molecule has 0 unspecified atom stereocenters. The van der Waals surface area contributed by atoms with E-state index in [1.165, 1.54) is 0 Å². The first-order valence-corrected chi connectivity index (χ1v) is 6.86. The van der Waals surface area contributed by atoms with Crippen molar-refractivity contribution in [1.29, 1.82) is 0 Å². The Kier molecular flexibility index (Phi) is 6.67. The SMILES string of the molecule is CCCOc1ccc(Cl)cc1NC(=O)CNC(C)C. The molecular formula is C14H21ClN2O2. The van der Waals surface area contributed by atoms with Crippen LogP contribution in [0.1, 0.15) is 27.2 Å². The van der Waals surface area contributed by atoms with Gasteiger partial charge < -0.3 is 15.4 Å². The van der Waals surface area contributed by atoms with Gasteiger partial charge in [-0.1, -0.05) is 32.4 Å². The minimum atomic E-state index is -0.114. The Morgan fingerprint density at radius 3 is 2.79 bits per heavy atom. The zero-order valence-electron chi connectivity index (χ0n) is 11.6. The fourth-order valence-electron chi connectivity index (χ4n) is 1.43. The van der Waals surface area contributed by atoms with E-state index in [0.29, 0.717) is 23.1 Å². The van der Waals surface area contributed by atoms with Crippen molar-refractivity contribution in [3.63, 3.8) is 0 Å². The second kappa shape index (κ2) is 8.02. The fourth-order valence-corrected chi connectivity index (χ4v) is 1.60. The zero-order valence-corrected chi connectivity index (χ0v) is 12.4. The largest absolute Gasteiger partial charge is 0.491 e. The minimum absolute atomic E-state index is 0.114. The van der Waals surface area contributed by atoms with Crippen molar-refractivity contribution in [2.45, 2.75) is 33.2 Å². The van der Waals surface area contributed by atoms with Gasteiger partial charge in [-0.3, -0.25) is 4.79 Å². The summed E-state index contributed by atoms with van der Waals surface area (Å²) in [4.78, 5) is 11.8. The number of hydrogen-bond acceptors (Lipinski definition) is 3. The van der Waals surface area contributed by atoms with Gasteiger partial charge in [-0.2, -0.15) is 0 Å². The average Bonchev–Trinajstić information content (AvgIpc) is 2.35. The Morgan fingerprint density at radius 1 is 1.42 bits per heavy atom. The Labute approximate surface area is 119 Å². The summed E-state index contributed by atoms with van der Waals surface area (Å²) in [7, 11) is 0. The molecule has 0 heterocycles. The predicted molar refractivity (Wildman–Crippen MR) is 79.0 cm³/mol. The molecule has 5 heteroatoms. The van der Waals surface area contributed by atoms with Crippen LogP contribution in [0.15, 0.2) is 18.2 Å². The van der Waals surface area contributed by atoms with Crippen molar-refractivity contribution in [2.24, 2.45) is 0 Å². The lowest BCUT2D eigenvalue weighted by Gasteiger charge is -2.13. The Balaban J connectivity index is 2.69. The molecule has 19 heavy (non-hydrogen) atoms. The number of nitrogens with one attached hydrogen (secondary N) is 2. The molecule has 0 fully saturated rings. The van der Waals surface area contributed by atoms with Crippen LogP contribution in [-0.2, 0) is 4.79 Å². The summed E-state index contributed by atoms with van der Waals surface area (Å²) in [6.07, 6.45) is 0.908. The molecule has 0 aliphatic rings. The molecule has 0 spiro atoms. The third-order valence-electron chi connectivity index (χ3n) is 2.35. The lowest BCUT2D eigenvalue weighted by atomic mass is 10.3. The quantitative estimate of drug-likeness (QED) is 0.809. The topological polar surface area (TPSA) is 50.4 Å². The molecule has 0 saturated heterocycles. The fraction of sp³-hybridized carbons (Fsp3) is 0.500. The van der Waals surface area contributed by atoms with Crippen LogP contribution >= 0.6 is 11.6 Å². The maximum Gasteiger partial charge on any atom is 0.238 e. The molecule has 1 aromatic rings. The number of carbonyl (C=O) groups excluding carboxylic acids is 1. The van der Waals surface area contributed by atoms with E-state index in [9.17, 15) is 4.79 Å². The molecule has 4 nitrogen and oxygen atoms in total. The molecule has 0 atom stereocenters. The highest BCUT2D eigenvalue weighted by Gasteiger charge is 2.09. The van der Waals surface area contributed by atoms with Crippen LogP contribution in [0.3, 0.4) is 0 Å². The molecule has 1 amide bonds. The number of hydrogen-bond donors (Lipinski definition) is 2. The van der Waals surface area contributed by atoms with Crippen molar-refractivity contribution in [3.05, 3.63) is 23.2 Å². The average molecular weight is 285 g/mol. The van der Waals surface area contributed by atoms with E-state index in [2.05, 4.69) is 10.6 Å². The molecule has 0 radical (unpaired) electrons. The lowest BCUT2D eigenvalue weighted by molar-refractivity contribution is -0.115. The molecule has 0 aromatic heterocycles. The van der Waals surface area contributed by atoms with Crippen LogP contribution in [0.5, 0.6) is 5.75 Å². The van der Waals surface area contributed by atoms with Gasteiger partial charge in [0, 0.05) is 11.1 Å². The van der Waals surface area contributed by atoms with Gasteiger partial charge in [0.2, 0.25) is 5.91 Å². The number of ether oxygens (including phenoxy) is 1. The van der Waals surface area contributed by atoms with Crippen LogP contribution < -0.4 is 15.4 Å². The van der Waals surface area contributed by atoms with Gasteiger partial charge in [0.1, 0.15) is 5.75 Å². The van der Waals surface area contributed by atoms with Gasteiger partial charge >= 0.3 is 0 Å². The highest BCUT2D eigenvalue weighted by Crippen LogP contribution is 2.28. The van der Waals surface area contributed by atoms with E-state index in [-0.39, 0.29) is 18.5 Å². The second-order valence-electron chi connectivity index (χ2n) is 4.57. The maximum atomic E-state index is 11.8. The highest BCUT2D eigenvalue weighted by molar-refractivity contribution is 6.31. The van der Waals surface area contributed by atoms with Gasteiger partial charge in [0.15, 0.2) is 0 Å². The third kappa shape index (κ3) is 5.94. The standard InChI is InChI=1S/C14H21ClN2O2/c1-4-7-19-13-6-5-11(15)8-12(13)17-14(18)9-16-10(2)3/h5-6,8,10,16H,4,7,9H2,1-3H3,(H,17,18). The van der Waals surface area contributed by atoms with Gasteiger partial charge in [-0.15, -0.1) is 0 Å². The van der Waals surface area contributed by atoms with E-state index in [1.807, 2.05) is 20.8 Å². The molecular weight excluding hydrogens is 264 g/mol. The van der Waals surface area contributed by atoms with Gasteiger partial charge in [0.05, 0.1) is 18.8 Å². The molecule has 1 rings (SSSR count). The maximum absolute atomic E-state index is 11.8. The molecule has 0 aliphatic carbocycles. The second-order valence-corrected chi connectivity index (χ2v) is 5.01.